The Morgan fingerprint density at radius 2 is 1.78 bits per heavy atom. The Balaban J connectivity index is 1.44. The first-order valence-electron chi connectivity index (χ1n) is 8.86. The van der Waals surface area contributed by atoms with Crippen molar-refractivity contribution < 1.29 is 4.74 Å². The predicted octanol–water partition coefficient (Wildman–Crippen LogP) is 3.75. The third kappa shape index (κ3) is 5.45. The topological polar surface area (TPSA) is 62.3 Å². The number of nitrogens with zero attached hydrogens (tertiary/aromatic N) is 3. The van der Waals surface area contributed by atoms with Gasteiger partial charge in [-0.3, -0.25) is 4.98 Å². The summed E-state index contributed by atoms with van der Waals surface area (Å²) in [5, 5.41) is 8.66. The summed E-state index contributed by atoms with van der Waals surface area (Å²) in [7, 11) is 3.73. The zero-order valence-corrected chi connectivity index (χ0v) is 16.3. The van der Waals surface area contributed by atoms with Crippen LogP contribution in [0.1, 0.15) is 0 Å². The molecule has 0 spiro atoms. The van der Waals surface area contributed by atoms with Gasteiger partial charge in [0, 0.05) is 66.4 Å². The molecule has 0 aliphatic carbocycles. The summed E-state index contributed by atoms with van der Waals surface area (Å²) < 4.78 is 5.13. The van der Waals surface area contributed by atoms with Gasteiger partial charge in [-0.25, -0.2) is 4.98 Å². The highest BCUT2D eigenvalue weighted by atomic mass is 35.5. The van der Waals surface area contributed by atoms with Gasteiger partial charge in [-0.2, -0.15) is 0 Å². The molecule has 0 aliphatic heterocycles. The molecule has 0 atom stereocenters. The van der Waals surface area contributed by atoms with E-state index in [-0.39, 0.29) is 0 Å². The fourth-order valence-corrected chi connectivity index (χ4v) is 2.96. The van der Waals surface area contributed by atoms with Crippen LogP contribution in [-0.2, 0) is 0 Å². The Morgan fingerprint density at radius 3 is 2.59 bits per heavy atom. The summed E-state index contributed by atoms with van der Waals surface area (Å²) in [6, 6.07) is 11.6. The molecule has 27 heavy (non-hydrogen) atoms. The highest BCUT2D eigenvalue weighted by Crippen LogP contribution is 2.24. The van der Waals surface area contributed by atoms with Gasteiger partial charge in [0.1, 0.15) is 0 Å². The van der Waals surface area contributed by atoms with Gasteiger partial charge in [0.15, 0.2) is 0 Å². The lowest BCUT2D eigenvalue weighted by atomic mass is 10.2. The number of aromatic nitrogens is 2. The van der Waals surface area contributed by atoms with Crippen LogP contribution >= 0.6 is 11.6 Å². The number of rotatable bonds is 9. The maximum Gasteiger partial charge on any atom is 0.214 e. The second kappa shape index (κ2) is 9.39. The summed E-state index contributed by atoms with van der Waals surface area (Å²) in [5.74, 6) is 0.614. The molecular formula is C20H24ClN5O. The van der Waals surface area contributed by atoms with Crippen molar-refractivity contribution in [1.29, 1.82) is 0 Å². The van der Waals surface area contributed by atoms with Gasteiger partial charge in [0.2, 0.25) is 5.88 Å². The Bertz CT molecular complexity index is 889. The zero-order valence-electron chi connectivity index (χ0n) is 15.6. The number of hydrogen-bond donors (Lipinski definition) is 2. The van der Waals surface area contributed by atoms with E-state index < -0.39 is 0 Å². The molecule has 0 amide bonds. The van der Waals surface area contributed by atoms with E-state index in [1.54, 1.807) is 19.5 Å². The summed E-state index contributed by atoms with van der Waals surface area (Å²) in [4.78, 5) is 10.8. The fourth-order valence-electron chi connectivity index (χ4n) is 2.79. The molecule has 6 nitrogen and oxygen atoms in total. The Labute approximate surface area is 164 Å². The maximum absolute atomic E-state index is 6.04. The van der Waals surface area contributed by atoms with Crippen molar-refractivity contribution in [2.24, 2.45) is 0 Å². The average Bonchev–Trinajstić information content (AvgIpc) is 2.68. The minimum Gasteiger partial charge on any atom is -0.481 e. The number of hydrogen-bond acceptors (Lipinski definition) is 6. The van der Waals surface area contributed by atoms with E-state index in [4.69, 9.17) is 16.3 Å². The van der Waals surface area contributed by atoms with E-state index in [9.17, 15) is 0 Å². The lowest BCUT2D eigenvalue weighted by molar-refractivity contribution is 0.361. The average molecular weight is 386 g/mol. The first-order chi connectivity index (χ1) is 13.2. The van der Waals surface area contributed by atoms with Gasteiger partial charge in [0.25, 0.3) is 0 Å². The second-order valence-corrected chi connectivity index (χ2v) is 6.70. The predicted molar refractivity (Wildman–Crippen MR) is 112 cm³/mol. The number of benzene rings is 1. The van der Waals surface area contributed by atoms with Crippen LogP contribution in [-0.4, -0.2) is 55.2 Å². The van der Waals surface area contributed by atoms with Gasteiger partial charge in [-0.1, -0.05) is 11.6 Å². The lowest BCUT2D eigenvalue weighted by Gasteiger charge is -2.18. The normalized spacial score (nSPS) is 11.0. The molecule has 0 saturated heterocycles. The zero-order chi connectivity index (χ0) is 19.1. The number of methoxy groups -OCH3 is 1. The molecule has 0 saturated carbocycles. The van der Waals surface area contributed by atoms with E-state index in [1.165, 1.54) is 0 Å². The summed E-state index contributed by atoms with van der Waals surface area (Å²) in [6.07, 6.45) is 3.54. The van der Waals surface area contributed by atoms with E-state index in [1.807, 2.05) is 36.4 Å². The van der Waals surface area contributed by atoms with Gasteiger partial charge < -0.3 is 20.3 Å². The molecule has 3 rings (SSSR count). The van der Waals surface area contributed by atoms with Crippen LogP contribution in [0.2, 0.25) is 5.02 Å². The van der Waals surface area contributed by atoms with Crippen molar-refractivity contribution in [2.75, 3.05) is 51.0 Å². The van der Waals surface area contributed by atoms with E-state index >= 15 is 0 Å². The monoisotopic (exact) mass is 385 g/mol. The maximum atomic E-state index is 6.04. The molecule has 0 bridgehead atoms. The van der Waals surface area contributed by atoms with Crippen molar-refractivity contribution in [1.82, 2.24) is 14.9 Å². The van der Waals surface area contributed by atoms with Crippen LogP contribution in [0, 0.1) is 0 Å². The van der Waals surface area contributed by atoms with Gasteiger partial charge in [-0.05, 0) is 37.4 Å². The third-order valence-corrected chi connectivity index (χ3v) is 4.52. The quantitative estimate of drug-likeness (QED) is 0.585. The molecule has 2 heterocycles. The van der Waals surface area contributed by atoms with Crippen LogP contribution < -0.4 is 15.4 Å². The van der Waals surface area contributed by atoms with Gasteiger partial charge in [-0.15, -0.1) is 0 Å². The van der Waals surface area contributed by atoms with Crippen molar-refractivity contribution in [3.05, 3.63) is 53.8 Å². The van der Waals surface area contributed by atoms with Crippen LogP contribution in [0.25, 0.3) is 10.9 Å². The van der Waals surface area contributed by atoms with Crippen molar-refractivity contribution in [3.63, 3.8) is 0 Å². The second-order valence-electron chi connectivity index (χ2n) is 6.26. The Kier molecular flexibility index (Phi) is 6.68. The van der Waals surface area contributed by atoms with Crippen molar-refractivity contribution in [2.45, 2.75) is 0 Å². The molecule has 2 aromatic heterocycles. The largest absolute Gasteiger partial charge is 0.481 e. The van der Waals surface area contributed by atoms with Gasteiger partial charge in [0.05, 0.1) is 12.6 Å². The summed E-state index contributed by atoms with van der Waals surface area (Å²) >= 11 is 6.04. The minimum atomic E-state index is 0.614. The Morgan fingerprint density at radius 1 is 1.00 bits per heavy atom. The number of ether oxygens (including phenoxy) is 1. The smallest absolute Gasteiger partial charge is 0.214 e. The van der Waals surface area contributed by atoms with Crippen molar-refractivity contribution in [3.8, 4) is 5.88 Å². The first-order valence-corrected chi connectivity index (χ1v) is 9.24. The fraction of sp³-hybridized carbons (Fsp3) is 0.300. The Hall–Kier alpha value is -2.57. The van der Waals surface area contributed by atoms with E-state index in [0.29, 0.717) is 10.9 Å². The molecule has 0 unspecified atom stereocenters. The number of nitrogens with one attached hydrogen (secondary N) is 2. The molecule has 3 aromatic rings. The molecule has 0 radical (unpaired) electrons. The minimum absolute atomic E-state index is 0.614. The number of anilines is 2. The third-order valence-electron chi connectivity index (χ3n) is 4.28. The number of pyridine rings is 2. The number of fused-ring (bicyclic) bond motifs is 1. The van der Waals surface area contributed by atoms with Crippen LogP contribution in [0.3, 0.4) is 0 Å². The van der Waals surface area contributed by atoms with Crippen molar-refractivity contribution >= 4 is 33.9 Å². The molecule has 0 aliphatic rings. The molecular weight excluding hydrogens is 362 g/mol. The van der Waals surface area contributed by atoms with E-state index in [2.05, 4.69) is 32.5 Å². The van der Waals surface area contributed by atoms with Crippen LogP contribution in [0.4, 0.5) is 11.4 Å². The highest BCUT2D eigenvalue weighted by molar-refractivity contribution is 6.31. The summed E-state index contributed by atoms with van der Waals surface area (Å²) in [5.41, 5.74) is 2.99. The standard InChI is InChI=1S/C20H24ClN5O/c1-26(11-9-22-16-5-7-25-20(14-16)27-2)12-10-24-18-6-8-23-19-13-15(21)3-4-17(18)19/h3-8,13-14H,9-12H2,1-2H3,(H,22,25)(H,23,24). The molecule has 0 fully saturated rings. The van der Waals surface area contributed by atoms with Gasteiger partial charge >= 0.3 is 0 Å². The molecule has 1 aromatic carbocycles. The number of halogens is 1. The SMILES string of the molecule is COc1cc(NCCN(C)CCNc2ccnc3cc(Cl)ccc23)ccn1. The first kappa shape index (κ1) is 19.2. The molecule has 7 heteroatoms. The van der Waals surface area contributed by atoms with Crippen LogP contribution in [0.5, 0.6) is 5.88 Å². The number of likely N-dealkylation sites (N-methyl/N-ethyl adjacent to an activating group) is 1. The summed E-state index contributed by atoms with van der Waals surface area (Å²) in [6.45, 7) is 3.56. The lowest BCUT2D eigenvalue weighted by Crippen LogP contribution is -2.29. The van der Waals surface area contributed by atoms with Crippen LogP contribution in [0.15, 0.2) is 48.8 Å². The highest BCUT2D eigenvalue weighted by Gasteiger charge is 2.04. The molecule has 142 valence electrons. The molecule has 2 N–H and O–H groups in total. The van der Waals surface area contributed by atoms with E-state index in [0.717, 1.165) is 48.5 Å².